The number of aliphatic hydroxyl groups is 2. The molecule has 0 aromatic rings. The molecule has 0 spiro atoms. The molecule has 0 aromatic carbocycles. The molecule has 0 aromatic heterocycles. The molecule has 2 N–H and O–H groups in total. The second-order valence-electron chi connectivity index (χ2n) is 3.96. The van der Waals surface area contributed by atoms with E-state index < -0.39 is 41.8 Å². The van der Waals surface area contributed by atoms with Crippen LogP contribution in [0.2, 0.25) is 0 Å². The Bertz CT molecular complexity index is 403. The summed E-state index contributed by atoms with van der Waals surface area (Å²) >= 11 is 0. The van der Waals surface area contributed by atoms with E-state index in [0.717, 1.165) is 0 Å². The summed E-state index contributed by atoms with van der Waals surface area (Å²) in [7, 11) is 0. The highest BCUT2D eigenvalue weighted by Crippen LogP contribution is 2.59. The van der Waals surface area contributed by atoms with Crippen molar-refractivity contribution in [1.29, 1.82) is 0 Å². The highest BCUT2D eigenvalue weighted by Gasteiger charge is 2.91. The average Bonchev–Trinajstić information content (AvgIpc) is 2.24. The van der Waals surface area contributed by atoms with E-state index in [1.165, 1.54) is 0 Å². The van der Waals surface area contributed by atoms with E-state index in [0.29, 0.717) is 0 Å². The first kappa shape index (κ1) is 21.9. The molecule has 2 atom stereocenters. The van der Waals surface area contributed by atoms with Gasteiger partial charge in [-0.3, -0.25) is 0 Å². The third kappa shape index (κ3) is 2.68. The Morgan fingerprint density at radius 2 is 0.565 bits per heavy atom. The highest BCUT2D eigenvalue weighted by molar-refractivity contribution is 5.10. The van der Waals surface area contributed by atoms with Crippen molar-refractivity contribution < 1.29 is 71.7 Å². The summed E-state index contributed by atoms with van der Waals surface area (Å²) < 4.78 is 171. The molecule has 0 saturated heterocycles. The van der Waals surface area contributed by atoms with Gasteiger partial charge in [0.2, 0.25) is 0 Å². The fourth-order valence-corrected chi connectivity index (χ4v) is 0.990. The minimum absolute atomic E-state index is 7.46. The smallest absolute Gasteiger partial charge is 0.352 e. The van der Waals surface area contributed by atoms with Crippen molar-refractivity contribution in [3.63, 3.8) is 0 Å². The molecule has 0 bridgehead atoms. The molecule has 2 nitrogen and oxygen atoms in total. The average molecular weight is 384 g/mol. The van der Waals surface area contributed by atoms with Gasteiger partial charge in [0.1, 0.15) is 0 Å². The summed E-state index contributed by atoms with van der Waals surface area (Å²) in [6, 6.07) is 0. The summed E-state index contributed by atoms with van der Waals surface area (Å²) in [5.74, 6) is -38.9. The second-order valence-corrected chi connectivity index (χ2v) is 3.96. The van der Waals surface area contributed by atoms with Crippen molar-refractivity contribution in [2.75, 3.05) is 0 Å². The van der Waals surface area contributed by atoms with Crippen molar-refractivity contribution in [1.82, 2.24) is 0 Å². The zero-order valence-electron chi connectivity index (χ0n) is 9.69. The minimum Gasteiger partial charge on any atom is -0.352 e. The molecule has 0 fully saturated rings. The van der Waals surface area contributed by atoms with Crippen LogP contribution in [0.25, 0.3) is 0 Å². The Labute approximate surface area is 115 Å². The molecule has 0 amide bonds. The Kier molecular flexibility index (Phi) is 4.74. The molecule has 0 radical (unpaired) electrons. The Morgan fingerprint density at radius 3 is 0.783 bits per heavy atom. The summed E-state index contributed by atoms with van der Waals surface area (Å²) in [6.45, 7) is 0. The number of hydrogen-bond donors (Lipinski definition) is 2. The number of rotatable bonds is 4. The predicted octanol–water partition coefficient (Wildman–Crippen LogP) is 3.33. The third-order valence-electron chi connectivity index (χ3n) is 2.38. The van der Waals surface area contributed by atoms with Gasteiger partial charge in [0.05, 0.1) is 0 Å². The Hall–Kier alpha value is -1.06. The maximum absolute atomic E-state index is 12.9. The molecule has 140 valence electrons. The van der Waals surface area contributed by atoms with Gasteiger partial charge < -0.3 is 10.2 Å². The van der Waals surface area contributed by atoms with Gasteiger partial charge in [-0.1, -0.05) is 0 Å². The van der Waals surface area contributed by atoms with Gasteiger partial charge in [-0.05, 0) is 0 Å². The summed E-state index contributed by atoms with van der Waals surface area (Å²) in [4.78, 5) is 0. The molecule has 0 saturated carbocycles. The first-order valence-corrected chi connectivity index (χ1v) is 4.59. The van der Waals surface area contributed by atoms with Crippen LogP contribution < -0.4 is 0 Å². The maximum atomic E-state index is 12.9. The van der Waals surface area contributed by atoms with E-state index in [9.17, 15) is 61.5 Å². The van der Waals surface area contributed by atoms with Crippen molar-refractivity contribution in [3.05, 3.63) is 0 Å². The molecular weight excluding hydrogens is 382 g/mol. The van der Waals surface area contributed by atoms with Crippen molar-refractivity contribution >= 4 is 0 Å². The normalized spacial score (nSPS) is 20.9. The van der Waals surface area contributed by atoms with Crippen LogP contribution in [0, 0.1) is 0 Å². The van der Waals surface area contributed by atoms with E-state index in [2.05, 4.69) is 0 Å². The monoisotopic (exact) mass is 384 g/mol. The molecule has 0 aliphatic carbocycles. The SMILES string of the molecule is OC(F)(C(O)(F)C(F)(F)C(F)(F)C(F)(F)F)C(F)(F)C(F)(F)F. The Morgan fingerprint density at radius 1 is 0.348 bits per heavy atom. The summed E-state index contributed by atoms with van der Waals surface area (Å²) in [5, 5.41) is 15.9. The largest absolute Gasteiger partial charge is 0.460 e. The van der Waals surface area contributed by atoms with Crippen LogP contribution in [0.4, 0.5) is 61.5 Å². The lowest BCUT2D eigenvalue weighted by Crippen LogP contribution is -2.75. The van der Waals surface area contributed by atoms with Gasteiger partial charge in [-0.2, -0.15) is 61.5 Å². The fraction of sp³-hybridized carbons (Fsp3) is 1.00. The number of halogens is 14. The van der Waals surface area contributed by atoms with E-state index in [4.69, 9.17) is 10.2 Å². The van der Waals surface area contributed by atoms with Crippen LogP contribution in [0.1, 0.15) is 0 Å². The number of hydrogen-bond acceptors (Lipinski definition) is 2. The third-order valence-corrected chi connectivity index (χ3v) is 2.38. The van der Waals surface area contributed by atoms with Gasteiger partial charge in [0.25, 0.3) is 0 Å². The fourth-order valence-electron chi connectivity index (χ4n) is 0.990. The lowest BCUT2D eigenvalue weighted by molar-refractivity contribution is -0.490. The molecule has 0 aliphatic heterocycles. The van der Waals surface area contributed by atoms with Crippen LogP contribution in [0.3, 0.4) is 0 Å². The topological polar surface area (TPSA) is 40.5 Å². The highest BCUT2D eigenvalue weighted by atomic mass is 19.4. The first-order valence-electron chi connectivity index (χ1n) is 4.59. The van der Waals surface area contributed by atoms with Gasteiger partial charge in [0, 0.05) is 0 Å². The van der Waals surface area contributed by atoms with Gasteiger partial charge in [0.15, 0.2) is 0 Å². The molecular formula is C7H2F14O2. The van der Waals surface area contributed by atoms with Crippen LogP contribution in [-0.4, -0.2) is 52.0 Å². The Balaban J connectivity index is 6.37. The van der Waals surface area contributed by atoms with E-state index in [1.807, 2.05) is 0 Å². The maximum Gasteiger partial charge on any atom is 0.460 e. The molecule has 0 rings (SSSR count). The lowest BCUT2D eigenvalue weighted by Gasteiger charge is -2.42. The molecule has 16 heteroatoms. The summed E-state index contributed by atoms with van der Waals surface area (Å²) in [6.07, 6.45) is -15.0. The second kappa shape index (κ2) is 4.97. The summed E-state index contributed by atoms with van der Waals surface area (Å²) in [5.41, 5.74) is 0. The zero-order chi connectivity index (χ0) is 19.5. The van der Waals surface area contributed by atoms with E-state index >= 15 is 0 Å². The minimum atomic E-state index is -7.99. The van der Waals surface area contributed by atoms with Crippen molar-refractivity contribution in [2.24, 2.45) is 0 Å². The quantitative estimate of drug-likeness (QED) is 0.731. The van der Waals surface area contributed by atoms with Crippen LogP contribution in [0.15, 0.2) is 0 Å². The molecule has 0 aliphatic rings. The molecule has 2 unspecified atom stereocenters. The van der Waals surface area contributed by atoms with Gasteiger partial charge >= 0.3 is 41.8 Å². The standard InChI is InChI=1S/C7H2F14O2/c8-1(9,2(10,11)6(16,17)18)4(14,22)5(15,23)3(12,13)7(19,20)21/h22-23H. The zero-order valence-corrected chi connectivity index (χ0v) is 9.69. The number of alkyl halides is 14. The van der Waals surface area contributed by atoms with Crippen molar-refractivity contribution in [3.8, 4) is 0 Å². The predicted molar refractivity (Wildman–Crippen MR) is 39.1 cm³/mol. The lowest BCUT2D eigenvalue weighted by atomic mass is 9.91. The van der Waals surface area contributed by atoms with E-state index in [-0.39, 0.29) is 0 Å². The van der Waals surface area contributed by atoms with E-state index in [1.54, 1.807) is 0 Å². The van der Waals surface area contributed by atoms with Crippen LogP contribution >= 0.6 is 0 Å². The molecule has 0 heterocycles. The van der Waals surface area contributed by atoms with Gasteiger partial charge in [-0.25, -0.2) is 0 Å². The first-order chi connectivity index (χ1) is 9.50. The van der Waals surface area contributed by atoms with Crippen molar-refractivity contribution in [2.45, 2.75) is 41.8 Å². The molecule has 23 heavy (non-hydrogen) atoms. The van der Waals surface area contributed by atoms with Crippen LogP contribution in [0.5, 0.6) is 0 Å². The van der Waals surface area contributed by atoms with Gasteiger partial charge in [-0.15, -0.1) is 0 Å². The van der Waals surface area contributed by atoms with Crippen LogP contribution in [-0.2, 0) is 0 Å².